The van der Waals surface area contributed by atoms with Crippen molar-refractivity contribution in [3.05, 3.63) is 23.7 Å². The highest BCUT2D eigenvalue weighted by molar-refractivity contribution is 6.33. The van der Waals surface area contributed by atoms with Gasteiger partial charge < -0.3 is 19.1 Å². The summed E-state index contributed by atoms with van der Waals surface area (Å²) in [5.41, 5.74) is 1.32. The van der Waals surface area contributed by atoms with E-state index in [1.54, 1.807) is 6.20 Å². The third kappa shape index (κ3) is 2.21. The maximum atomic E-state index is 10.1. The van der Waals surface area contributed by atoms with E-state index in [4.69, 9.17) is 21.1 Å². The van der Waals surface area contributed by atoms with Crippen molar-refractivity contribution < 1.29 is 14.6 Å². The van der Waals surface area contributed by atoms with E-state index in [9.17, 15) is 5.11 Å². The highest BCUT2D eigenvalue weighted by Crippen LogP contribution is 2.56. The average Bonchev–Trinajstić information content (AvgIpc) is 3.36. The number of aliphatic hydroxyl groups excluding tert-OH is 1. The Labute approximate surface area is 151 Å². The molecule has 3 heterocycles. The molecule has 3 fully saturated rings. The highest BCUT2D eigenvalue weighted by Gasteiger charge is 2.62. The Balaban J connectivity index is 1.58. The van der Waals surface area contributed by atoms with E-state index in [1.165, 1.54) is 0 Å². The Morgan fingerprint density at radius 2 is 2.12 bits per heavy atom. The van der Waals surface area contributed by atoms with Crippen LogP contribution in [0.5, 0.6) is 0 Å². The lowest BCUT2D eigenvalue weighted by Gasteiger charge is -2.31. The van der Waals surface area contributed by atoms with Gasteiger partial charge in [0.25, 0.3) is 0 Å². The minimum Gasteiger partial charge on any atom is -0.396 e. The van der Waals surface area contributed by atoms with E-state index in [0.29, 0.717) is 10.7 Å². The fraction of sp³-hybridized carbons (Fsp3) is 0.667. The van der Waals surface area contributed by atoms with Crippen molar-refractivity contribution >= 4 is 22.6 Å². The molecule has 3 aliphatic rings. The molecule has 5 rings (SSSR count). The van der Waals surface area contributed by atoms with Gasteiger partial charge in [-0.2, -0.15) is 0 Å². The van der Waals surface area contributed by atoms with Crippen LogP contribution in [0.3, 0.4) is 0 Å². The van der Waals surface area contributed by atoms with Crippen LogP contribution in [0.1, 0.15) is 45.1 Å². The first kappa shape index (κ1) is 16.0. The standard InChI is InChI=1S/C18H22ClN3O3/c1-17(9-23)8-12(14-15(17)25-18(24-14)5-2-3-6-18)22-10-21-13-11(22)4-7-20-16(13)19/h4,7,10,12,14-15,23H,2-3,5-6,8-9H2,1H3/t12-,14+,15+,17-/m0/s1. The first-order chi connectivity index (χ1) is 12.1. The normalized spacial score (nSPS) is 36.5. The SMILES string of the molecule is C[C@@]1(CO)C[C@H](n2cnc3c(Cl)nccc32)[C@H]2OC3(CCCC3)O[C@H]21. The molecule has 1 spiro atoms. The van der Waals surface area contributed by atoms with E-state index >= 15 is 0 Å². The fourth-order valence-corrected chi connectivity index (χ4v) is 5.12. The summed E-state index contributed by atoms with van der Waals surface area (Å²) < 4.78 is 15.1. The number of hydrogen-bond acceptors (Lipinski definition) is 5. The highest BCUT2D eigenvalue weighted by atomic mass is 35.5. The van der Waals surface area contributed by atoms with Gasteiger partial charge in [-0.25, -0.2) is 9.97 Å². The Kier molecular flexibility index (Phi) is 3.45. The van der Waals surface area contributed by atoms with E-state index in [0.717, 1.165) is 37.6 Å². The number of fused-ring (bicyclic) bond motifs is 2. The summed E-state index contributed by atoms with van der Waals surface area (Å²) in [5.74, 6) is -0.458. The van der Waals surface area contributed by atoms with Crippen molar-refractivity contribution in [3.63, 3.8) is 0 Å². The van der Waals surface area contributed by atoms with Gasteiger partial charge in [-0.15, -0.1) is 0 Å². The monoisotopic (exact) mass is 363 g/mol. The van der Waals surface area contributed by atoms with Crippen LogP contribution in [0.15, 0.2) is 18.6 Å². The van der Waals surface area contributed by atoms with Crippen LogP contribution < -0.4 is 0 Å². The number of halogens is 1. The zero-order valence-electron chi connectivity index (χ0n) is 14.2. The molecule has 0 unspecified atom stereocenters. The summed E-state index contributed by atoms with van der Waals surface area (Å²) in [6, 6.07) is 1.99. The second-order valence-electron chi connectivity index (χ2n) is 7.94. The van der Waals surface area contributed by atoms with Gasteiger partial charge in [0.1, 0.15) is 11.6 Å². The number of pyridine rings is 1. The van der Waals surface area contributed by atoms with Crippen molar-refractivity contribution in [1.29, 1.82) is 0 Å². The maximum Gasteiger partial charge on any atom is 0.169 e. The molecule has 7 heteroatoms. The zero-order chi connectivity index (χ0) is 17.2. The molecule has 4 atom stereocenters. The predicted octanol–water partition coefficient (Wildman–Crippen LogP) is 3.08. The molecule has 6 nitrogen and oxygen atoms in total. The van der Waals surface area contributed by atoms with Gasteiger partial charge in [0.05, 0.1) is 30.6 Å². The van der Waals surface area contributed by atoms with Crippen molar-refractivity contribution in [2.75, 3.05) is 6.61 Å². The Hall–Kier alpha value is -1.21. The van der Waals surface area contributed by atoms with Crippen LogP contribution in [0.4, 0.5) is 0 Å². The third-order valence-corrected chi connectivity index (χ3v) is 6.54. The van der Waals surface area contributed by atoms with Crippen LogP contribution in [0.25, 0.3) is 11.0 Å². The second-order valence-corrected chi connectivity index (χ2v) is 8.30. The van der Waals surface area contributed by atoms with Crippen molar-refractivity contribution in [1.82, 2.24) is 14.5 Å². The van der Waals surface area contributed by atoms with Crippen LogP contribution >= 0.6 is 11.6 Å². The van der Waals surface area contributed by atoms with Crippen LogP contribution in [0.2, 0.25) is 5.15 Å². The smallest absolute Gasteiger partial charge is 0.169 e. The number of aromatic nitrogens is 3. The zero-order valence-corrected chi connectivity index (χ0v) is 14.9. The second kappa shape index (κ2) is 5.39. The van der Waals surface area contributed by atoms with Gasteiger partial charge in [-0.3, -0.25) is 0 Å². The van der Waals surface area contributed by atoms with E-state index in [2.05, 4.69) is 21.5 Å². The minimum absolute atomic E-state index is 0.0607. The largest absolute Gasteiger partial charge is 0.396 e. The number of imidazole rings is 1. The van der Waals surface area contributed by atoms with Gasteiger partial charge in [0.2, 0.25) is 0 Å². The molecule has 1 N–H and O–H groups in total. The molecule has 2 aromatic heterocycles. The Bertz CT molecular complexity index is 819. The van der Waals surface area contributed by atoms with Crippen molar-refractivity contribution in [2.45, 2.75) is 63.1 Å². The van der Waals surface area contributed by atoms with Crippen LogP contribution in [-0.2, 0) is 9.47 Å². The number of aliphatic hydroxyl groups is 1. The maximum absolute atomic E-state index is 10.1. The number of ether oxygens (including phenoxy) is 2. The van der Waals surface area contributed by atoms with Gasteiger partial charge >= 0.3 is 0 Å². The summed E-state index contributed by atoms with van der Waals surface area (Å²) in [6.07, 6.45) is 8.25. The van der Waals surface area contributed by atoms with E-state index < -0.39 is 5.79 Å². The average molecular weight is 364 g/mol. The van der Waals surface area contributed by atoms with Crippen molar-refractivity contribution in [3.8, 4) is 0 Å². The van der Waals surface area contributed by atoms with Gasteiger partial charge in [0.15, 0.2) is 10.9 Å². The third-order valence-electron chi connectivity index (χ3n) is 6.26. The quantitative estimate of drug-likeness (QED) is 0.830. The molecule has 1 aliphatic heterocycles. The van der Waals surface area contributed by atoms with Gasteiger partial charge in [-0.05, 0) is 25.3 Å². The van der Waals surface area contributed by atoms with Crippen molar-refractivity contribution in [2.24, 2.45) is 5.41 Å². The molecule has 0 aromatic carbocycles. The van der Waals surface area contributed by atoms with E-state index in [1.807, 2.05) is 12.4 Å². The molecular formula is C18H22ClN3O3. The fourth-order valence-electron chi connectivity index (χ4n) is 4.92. The summed E-state index contributed by atoms with van der Waals surface area (Å²) >= 11 is 6.19. The Morgan fingerprint density at radius 3 is 2.88 bits per heavy atom. The first-order valence-corrected chi connectivity index (χ1v) is 9.37. The topological polar surface area (TPSA) is 69.4 Å². The molecule has 2 saturated carbocycles. The first-order valence-electron chi connectivity index (χ1n) is 8.99. The van der Waals surface area contributed by atoms with Crippen LogP contribution in [-0.4, -0.2) is 44.2 Å². The van der Waals surface area contributed by atoms with E-state index in [-0.39, 0.29) is 30.3 Å². The predicted molar refractivity (Wildman–Crippen MR) is 92.3 cm³/mol. The van der Waals surface area contributed by atoms with Crippen LogP contribution in [0, 0.1) is 5.41 Å². The lowest BCUT2D eigenvalue weighted by Crippen LogP contribution is -2.36. The molecule has 0 amide bonds. The molecule has 25 heavy (non-hydrogen) atoms. The molecular weight excluding hydrogens is 342 g/mol. The number of rotatable bonds is 2. The molecule has 0 bridgehead atoms. The molecule has 2 aromatic rings. The summed E-state index contributed by atoms with van der Waals surface area (Å²) in [6.45, 7) is 2.18. The molecule has 0 radical (unpaired) electrons. The molecule has 134 valence electrons. The lowest BCUT2D eigenvalue weighted by molar-refractivity contribution is -0.190. The van der Waals surface area contributed by atoms with Gasteiger partial charge in [0, 0.05) is 24.5 Å². The molecule has 1 saturated heterocycles. The minimum atomic E-state index is -0.458. The summed E-state index contributed by atoms with van der Waals surface area (Å²) in [4.78, 5) is 8.56. The summed E-state index contributed by atoms with van der Waals surface area (Å²) in [5, 5.41) is 10.5. The Morgan fingerprint density at radius 1 is 1.32 bits per heavy atom. The lowest BCUT2D eigenvalue weighted by atomic mass is 9.87. The van der Waals surface area contributed by atoms with Gasteiger partial charge in [-0.1, -0.05) is 18.5 Å². The number of nitrogens with zero attached hydrogens (tertiary/aromatic N) is 3. The summed E-state index contributed by atoms with van der Waals surface area (Å²) in [7, 11) is 0. The molecule has 2 aliphatic carbocycles. The number of hydrogen-bond donors (Lipinski definition) is 1.